The predicted octanol–water partition coefficient (Wildman–Crippen LogP) is 5.14. The normalized spacial score (nSPS) is 15.7. The summed E-state index contributed by atoms with van der Waals surface area (Å²) in [5.74, 6) is 0.326. The molecule has 1 fully saturated rings. The van der Waals surface area contributed by atoms with Gasteiger partial charge in [0.25, 0.3) is 5.91 Å². The van der Waals surface area contributed by atoms with Gasteiger partial charge in [-0.1, -0.05) is 53.0 Å². The molecule has 3 N–H and O–H groups in total. The van der Waals surface area contributed by atoms with E-state index in [1.54, 1.807) is 26.8 Å². The molecule has 0 bridgehead atoms. The van der Waals surface area contributed by atoms with Gasteiger partial charge in [0.1, 0.15) is 0 Å². The van der Waals surface area contributed by atoms with Crippen LogP contribution in [0.5, 0.6) is 0 Å². The Labute approximate surface area is 223 Å². The van der Waals surface area contributed by atoms with Crippen LogP contribution in [0.2, 0.25) is 0 Å². The highest BCUT2D eigenvalue weighted by Gasteiger charge is 2.28. The van der Waals surface area contributed by atoms with Crippen LogP contribution < -0.4 is 10.0 Å². The Bertz CT molecular complexity index is 1210. The Morgan fingerprint density at radius 1 is 1.08 bits per heavy atom. The number of sulfonamides is 1. The topological polar surface area (TPSA) is 100 Å². The number of hydrogen-bond acceptors (Lipinski definition) is 4. The molecule has 0 saturated heterocycles. The van der Waals surface area contributed by atoms with E-state index in [9.17, 15) is 18.3 Å². The number of aliphatic hydroxyl groups is 1. The maximum absolute atomic E-state index is 13.2. The van der Waals surface area contributed by atoms with Gasteiger partial charge in [0.2, 0.25) is 10.0 Å². The zero-order valence-corrected chi connectivity index (χ0v) is 24.4. The highest BCUT2D eigenvalue weighted by Crippen LogP contribution is 2.36. The lowest BCUT2D eigenvalue weighted by molar-refractivity contribution is 0.0694. The number of carbonyl (C=O) groups excluding carboxylic acids is 1. The van der Waals surface area contributed by atoms with Gasteiger partial charge in [-0.05, 0) is 74.3 Å². The zero-order chi connectivity index (χ0) is 27.6. The van der Waals surface area contributed by atoms with Crippen LogP contribution in [0.15, 0.2) is 29.2 Å². The average molecular weight is 532 g/mol. The second-order valence-corrected chi connectivity index (χ2v) is 13.8. The minimum absolute atomic E-state index is 0.152. The second-order valence-electron chi connectivity index (χ2n) is 12.1. The summed E-state index contributed by atoms with van der Waals surface area (Å²) in [5, 5.41) is 13.0. The Morgan fingerprint density at radius 3 is 2.30 bits per heavy atom. The largest absolute Gasteiger partial charge is 0.389 e. The number of rotatable bonds is 9. The van der Waals surface area contributed by atoms with Crippen LogP contribution in [-0.2, 0) is 22.0 Å². The van der Waals surface area contributed by atoms with Crippen LogP contribution in [0.4, 0.5) is 0 Å². The molecular formula is C29H45N3O4S. The number of benzene rings is 1. The van der Waals surface area contributed by atoms with Crippen molar-refractivity contribution < 1.29 is 18.3 Å². The molecule has 0 unspecified atom stereocenters. The van der Waals surface area contributed by atoms with E-state index in [0.717, 1.165) is 29.1 Å². The van der Waals surface area contributed by atoms with Crippen LogP contribution in [0.3, 0.4) is 0 Å². The summed E-state index contributed by atoms with van der Waals surface area (Å²) in [7, 11) is -3.64. The predicted molar refractivity (Wildman–Crippen MR) is 149 cm³/mol. The zero-order valence-electron chi connectivity index (χ0n) is 23.6. The van der Waals surface area contributed by atoms with Gasteiger partial charge in [-0.25, -0.2) is 13.1 Å². The smallest absolute Gasteiger partial charge is 0.253 e. The fourth-order valence-electron chi connectivity index (χ4n) is 5.15. The van der Waals surface area contributed by atoms with Crippen LogP contribution in [0, 0.1) is 12.8 Å². The molecule has 8 heteroatoms. The molecule has 7 nitrogen and oxygen atoms in total. The molecule has 2 aromatic rings. The molecule has 1 aromatic heterocycles. The van der Waals surface area contributed by atoms with Gasteiger partial charge in [-0.2, -0.15) is 0 Å². The Morgan fingerprint density at radius 2 is 1.73 bits per heavy atom. The summed E-state index contributed by atoms with van der Waals surface area (Å²) in [6.45, 7) is 14.4. The summed E-state index contributed by atoms with van der Waals surface area (Å²) in [4.78, 5) is 13.4. The van der Waals surface area contributed by atoms with Gasteiger partial charge >= 0.3 is 0 Å². The molecule has 1 aliphatic rings. The van der Waals surface area contributed by atoms with E-state index >= 15 is 0 Å². The minimum atomic E-state index is -3.64. The molecule has 0 radical (unpaired) electrons. The summed E-state index contributed by atoms with van der Waals surface area (Å²) < 4.78 is 30.8. The Balaban J connectivity index is 2.13. The van der Waals surface area contributed by atoms with E-state index in [2.05, 4.69) is 14.6 Å². The number of aromatic nitrogens is 1. The van der Waals surface area contributed by atoms with Gasteiger partial charge < -0.3 is 15.0 Å². The van der Waals surface area contributed by atoms with Gasteiger partial charge in [0.05, 0.1) is 16.1 Å². The summed E-state index contributed by atoms with van der Waals surface area (Å²) >= 11 is 0. The van der Waals surface area contributed by atoms with Crippen molar-refractivity contribution in [3.63, 3.8) is 0 Å². The first kappa shape index (κ1) is 29.4. The molecule has 0 aliphatic heterocycles. The molecule has 0 atom stereocenters. The van der Waals surface area contributed by atoms with Crippen molar-refractivity contribution in [2.24, 2.45) is 5.92 Å². The number of nitrogens with zero attached hydrogens (tertiary/aromatic N) is 1. The number of hydrogen-bond donors (Lipinski definition) is 3. The molecule has 3 rings (SSSR count). The summed E-state index contributed by atoms with van der Waals surface area (Å²) in [5.41, 5.74) is 2.59. The monoisotopic (exact) mass is 531 g/mol. The number of carbonyl (C=O) groups is 1. The first-order valence-electron chi connectivity index (χ1n) is 13.5. The van der Waals surface area contributed by atoms with Gasteiger partial charge in [0, 0.05) is 31.0 Å². The van der Waals surface area contributed by atoms with Crippen molar-refractivity contribution in [2.45, 2.75) is 103 Å². The lowest BCUT2D eigenvalue weighted by atomic mass is 9.85. The molecule has 0 spiro atoms. The van der Waals surface area contributed by atoms with Crippen LogP contribution in [0.25, 0.3) is 11.3 Å². The molecule has 206 valence electrons. The van der Waals surface area contributed by atoms with Crippen LogP contribution in [0.1, 0.15) is 95.3 Å². The van der Waals surface area contributed by atoms with Crippen molar-refractivity contribution in [3.05, 3.63) is 41.1 Å². The number of nitrogens with one attached hydrogen (secondary N) is 2. The summed E-state index contributed by atoms with van der Waals surface area (Å²) in [6.07, 6.45) is 6.07. The standard InChI is InChI=1S/C29H45N3O4S/c1-8-31-37(35,36)26-15-14-22(16-24(26)28(3,4)5)25-17-23(27(33)30-19-29(6,7)34)20(2)32(25)18-21-12-10-9-11-13-21/h14-17,21,31,34H,8-13,18-19H2,1-7H3,(H,30,33). The fourth-order valence-corrected chi connectivity index (χ4v) is 6.58. The maximum Gasteiger partial charge on any atom is 0.253 e. The third-order valence-corrected chi connectivity index (χ3v) is 8.77. The Kier molecular flexibility index (Phi) is 8.97. The first-order chi connectivity index (χ1) is 17.1. The quantitative estimate of drug-likeness (QED) is 0.417. The third kappa shape index (κ3) is 7.24. The van der Waals surface area contributed by atoms with E-state index in [1.165, 1.54) is 32.1 Å². The third-order valence-electron chi connectivity index (χ3n) is 7.17. The second kappa shape index (κ2) is 11.3. The minimum Gasteiger partial charge on any atom is -0.389 e. The van der Waals surface area contributed by atoms with Crippen molar-refractivity contribution in [3.8, 4) is 11.3 Å². The van der Waals surface area contributed by atoms with Crippen molar-refractivity contribution >= 4 is 15.9 Å². The molecule has 1 aliphatic carbocycles. The first-order valence-corrected chi connectivity index (χ1v) is 15.0. The fraction of sp³-hybridized carbons (Fsp3) is 0.621. The van der Waals surface area contributed by atoms with Gasteiger partial charge in [-0.15, -0.1) is 0 Å². The van der Waals surface area contributed by atoms with E-state index in [0.29, 0.717) is 18.0 Å². The van der Waals surface area contributed by atoms with Crippen LogP contribution in [-0.4, -0.2) is 42.7 Å². The average Bonchev–Trinajstić information content (AvgIpc) is 3.13. The van der Waals surface area contributed by atoms with Crippen molar-refractivity contribution in [1.29, 1.82) is 0 Å². The van der Waals surface area contributed by atoms with E-state index in [-0.39, 0.29) is 17.3 Å². The lowest BCUT2D eigenvalue weighted by Crippen LogP contribution is -2.38. The molecule has 1 aromatic carbocycles. The van der Waals surface area contributed by atoms with Gasteiger partial charge in [0.15, 0.2) is 0 Å². The molecule has 1 heterocycles. The number of amides is 1. The van der Waals surface area contributed by atoms with Crippen molar-refractivity contribution in [1.82, 2.24) is 14.6 Å². The molecule has 1 saturated carbocycles. The van der Waals surface area contributed by atoms with Crippen LogP contribution >= 0.6 is 0 Å². The Hall–Kier alpha value is -2.16. The highest BCUT2D eigenvalue weighted by atomic mass is 32.2. The lowest BCUT2D eigenvalue weighted by Gasteiger charge is -2.26. The molecule has 1 amide bonds. The molecular weight excluding hydrogens is 486 g/mol. The van der Waals surface area contributed by atoms with Crippen molar-refractivity contribution in [2.75, 3.05) is 13.1 Å². The van der Waals surface area contributed by atoms with E-state index < -0.39 is 21.0 Å². The molecule has 37 heavy (non-hydrogen) atoms. The summed E-state index contributed by atoms with van der Waals surface area (Å²) in [6, 6.07) is 7.42. The van der Waals surface area contributed by atoms with E-state index in [4.69, 9.17) is 0 Å². The SMILES string of the molecule is CCNS(=O)(=O)c1ccc(-c2cc(C(=O)NCC(C)(C)O)c(C)n2CC2CCCCC2)cc1C(C)(C)C. The van der Waals surface area contributed by atoms with Gasteiger partial charge in [-0.3, -0.25) is 4.79 Å². The highest BCUT2D eigenvalue weighted by molar-refractivity contribution is 7.89. The maximum atomic E-state index is 13.2. The van der Waals surface area contributed by atoms with E-state index in [1.807, 2.05) is 45.9 Å².